The molecule has 0 fully saturated rings. The number of carboxylic acids is 1. The lowest BCUT2D eigenvalue weighted by Crippen LogP contribution is -2.02. The number of hydrogen-bond acceptors (Lipinski definition) is 4. The maximum absolute atomic E-state index is 11.6. The Morgan fingerprint density at radius 1 is 1.00 bits per heavy atom. The lowest BCUT2D eigenvalue weighted by molar-refractivity contribution is -0.136. The molecule has 0 unspecified atom stereocenters. The number of methoxy groups -OCH3 is 3. The molecule has 0 atom stereocenters. The molecule has 0 aliphatic heterocycles. The van der Waals surface area contributed by atoms with Crippen molar-refractivity contribution in [1.29, 1.82) is 0 Å². The Hall–Kier alpha value is -3.15. The number of benzene rings is 2. The average Bonchev–Trinajstić information content (AvgIpc) is 3.03. The van der Waals surface area contributed by atoms with E-state index in [1.807, 2.05) is 6.07 Å². The van der Waals surface area contributed by atoms with E-state index in [4.69, 9.17) is 14.2 Å². The van der Waals surface area contributed by atoms with Gasteiger partial charge < -0.3 is 24.3 Å². The highest BCUT2D eigenvalue weighted by atomic mass is 16.5. The molecule has 0 radical (unpaired) electrons. The maximum Gasteiger partial charge on any atom is 0.307 e. The molecule has 28 heavy (non-hydrogen) atoms. The van der Waals surface area contributed by atoms with Crippen LogP contribution in [0.1, 0.15) is 30.9 Å². The van der Waals surface area contributed by atoms with E-state index in [0.29, 0.717) is 28.9 Å². The van der Waals surface area contributed by atoms with Gasteiger partial charge >= 0.3 is 5.97 Å². The number of aromatic amines is 1. The summed E-state index contributed by atoms with van der Waals surface area (Å²) in [6.07, 6.45) is -0.103. The molecule has 148 valence electrons. The zero-order chi connectivity index (χ0) is 20.4. The van der Waals surface area contributed by atoms with Crippen molar-refractivity contribution in [3.63, 3.8) is 0 Å². The van der Waals surface area contributed by atoms with Crippen LogP contribution in [0, 0.1) is 0 Å². The Kier molecular flexibility index (Phi) is 5.49. The summed E-state index contributed by atoms with van der Waals surface area (Å²) in [6, 6.07) is 9.66. The number of carboxylic acid groups (broad SMARTS) is 1. The third-order valence-corrected chi connectivity index (χ3v) is 4.90. The fourth-order valence-corrected chi connectivity index (χ4v) is 3.41. The second kappa shape index (κ2) is 7.84. The average molecular weight is 383 g/mol. The molecule has 0 spiro atoms. The molecule has 2 N–H and O–H groups in total. The predicted octanol–water partition coefficient (Wildman–Crippen LogP) is 4.61. The smallest absolute Gasteiger partial charge is 0.307 e. The number of rotatable bonds is 7. The van der Waals surface area contributed by atoms with Crippen LogP contribution < -0.4 is 14.2 Å². The number of nitrogens with one attached hydrogen (secondary N) is 1. The first kappa shape index (κ1) is 19.6. The zero-order valence-electron chi connectivity index (χ0n) is 16.8. The summed E-state index contributed by atoms with van der Waals surface area (Å²) in [4.78, 5) is 15.0. The maximum atomic E-state index is 11.6. The molecule has 3 aromatic rings. The third-order valence-electron chi connectivity index (χ3n) is 4.90. The van der Waals surface area contributed by atoms with E-state index >= 15 is 0 Å². The third kappa shape index (κ3) is 3.50. The van der Waals surface area contributed by atoms with Crippen LogP contribution in [0.2, 0.25) is 0 Å². The van der Waals surface area contributed by atoms with Gasteiger partial charge in [-0.25, -0.2) is 0 Å². The zero-order valence-corrected chi connectivity index (χ0v) is 16.8. The normalized spacial score (nSPS) is 11.1. The van der Waals surface area contributed by atoms with Gasteiger partial charge in [0.2, 0.25) is 0 Å². The summed E-state index contributed by atoms with van der Waals surface area (Å²) < 4.78 is 16.3. The Balaban J connectivity index is 2.31. The van der Waals surface area contributed by atoms with Crippen molar-refractivity contribution in [1.82, 2.24) is 4.98 Å². The monoisotopic (exact) mass is 383 g/mol. The van der Waals surface area contributed by atoms with Crippen molar-refractivity contribution in [3.8, 4) is 28.5 Å². The van der Waals surface area contributed by atoms with Gasteiger partial charge in [0.25, 0.3) is 0 Å². The van der Waals surface area contributed by atoms with Gasteiger partial charge in [-0.05, 0) is 35.2 Å². The number of hydrogen-bond donors (Lipinski definition) is 2. The lowest BCUT2D eigenvalue weighted by atomic mass is 9.97. The second-order valence-corrected chi connectivity index (χ2v) is 6.92. The number of fused-ring (bicyclic) bond motifs is 1. The lowest BCUT2D eigenvalue weighted by Gasteiger charge is -2.14. The molecular weight excluding hydrogens is 358 g/mol. The minimum atomic E-state index is -0.892. The van der Waals surface area contributed by atoms with Crippen molar-refractivity contribution >= 4 is 16.9 Å². The van der Waals surface area contributed by atoms with Crippen LogP contribution in [-0.4, -0.2) is 37.4 Å². The van der Waals surface area contributed by atoms with E-state index in [1.165, 1.54) is 0 Å². The van der Waals surface area contributed by atoms with Crippen LogP contribution in [0.5, 0.6) is 17.2 Å². The van der Waals surface area contributed by atoms with Gasteiger partial charge in [-0.15, -0.1) is 0 Å². The largest absolute Gasteiger partial charge is 0.496 e. The Morgan fingerprint density at radius 2 is 1.64 bits per heavy atom. The molecule has 1 heterocycles. The molecule has 0 saturated carbocycles. The highest BCUT2D eigenvalue weighted by Gasteiger charge is 2.21. The molecule has 0 bridgehead atoms. The SMILES string of the molecule is COc1cc(OC)c(-c2[nH]c3ccc(C(C)C)cc3c2CC(=O)O)cc1OC. The number of aromatic nitrogens is 1. The van der Waals surface area contributed by atoms with Gasteiger partial charge in [-0.3, -0.25) is 4.79 Å². The molecule has 3 rings (SSSR count). The van der Waals surface area contributed by atoms with Crippen molar-refractivity contribution in [2.75, 3.05) is 21.3 Å². The Labute approximate surface area is 164 Å². The van der Waals surface area contributed by atoms with Crippen LogP contribution >= 0.6 is 0 Å². The molecular formula is C22H25NO5. The summed E-state index contributed by atoms with van der Waals surface area (Å²) in [6.45, 7) is 4.23. The number of ether oxygens (including phenoxy) is 3. The highest BCUT2D eigenvalue weighted by Crippen LogP contribution is 2.42. The number of aliphatic carboxylic acids is 1. The summed E-state index contributed by atoms with van der Waals surface area (Å²) in [7, 11) is 4.69. The van der Waals surface area contributed by atoms with Gasteiger partial charge in [-0.1, -0.05) is 19.9 Å². The van der Waals surface area contributed by atoms with E-state index in [1.54, 1.807) is 33.5 Å². The molecule has 0 amide bonds. The molecule has 0 saturated heterocycles. The molecule has 1 aromatic heterocycles. The van der Waals surface area contributed by atoms with Gasteiger partial charge in [0.05, 0.1) is 33.4 Å². The van der Waals surface area contributed by atoms with Gasteiger partial charge in [0.1, 0.15) is 5.75 Å². The fraction of sp³-hybridized carbons (Fsp3) is 0.318. The standard InChI is InChI=1S/C22H25NO5/c1-12(2)13-6-7-17-14(8-13)15(10-21(24)25)22(23-17)16-9-19(27-4)20(28-5)11-18(16)26-3/h6-9,11-12,23H,10H2,1-5H3,(H,24,25). The van der Waals surface area contributed by atoms with Crippen LogP contribution in [-0.2, 0) is 11.2 Å². The van der Waals surface area contributed by atoms with Gasteiger partial charge in [0, 0.05) is 22.5 Å². The molecule has 6 nitrogen and oxygen atoms in total. The van der Waals surface area contributed by atoms with E-state index in [0.717, 1.165) is 27.6 Å². The van der Waals surface area contributed by atoms with Gasteiger partial charge in [0.15, 0.2) is 11.5 Å². The first-order valence-electron chi connectivity index (χ1n) is 9.06. The predicted molar refractivity (Wildman–Crippen MR) is 109 cm³/mol. The van der Waals surface area contributed by atoms with Gasteiger partial charge in [-0.2, -0.15) is 0 Å². The Morgan fingerprint density at radius 3 is 2.21 bits per heavy atom. The van der Waals surface area contributed by atoms with Crippen molar-refractivity contribution < 1.29 is 24.1 Å². The summed E-state index contributed by atoms with van der Waals surface area (Å²) >= 11 is 0. The number of carbonyl (C=O) groups is 1. The van der Waals surface area contributed by atoms with Crippen molar-refractivity contribution in [2.45, 2.75) is 26.2 Å². The quantitative estimate of drug-likeness (QED) is 0.623. The summed E-state index contributed by atoms with van der Waals surface area (Å²) in [5, 5.41) is 10.4. The van der Waals surface area contributed by atoms with E-state index in [-0.39, 0.29) is 6.42 Å². The fourth-order valence-electron chi connectivity index (χ4n) is 3.41. The molecule has 0 aliphatic carbocycles. The van der Waals surface area contributed by atoms with Crippen molar-refractivity contribution in [3.05, 3.63) is 41.5 Å². The van der Waals surface area contributed by atoms with E-state index in [2.05, 4.69) is 31.0 Å². The summed E-state index contributed by atoms with van der Waals surface area (Å²) in [5.41, 5.74) is 4.18. The first-order valence-corrected chi connectivity index (χ1v) is 9.06. The van der Waals surface area contributed by atoms with E-state index < -0.39 is 5.97 Å². The first-order chi connectivity index (χ1) is 13.4. The Bertz CT molecular complexity index is 1020. The summed E-state index contributed by atoms with van der Waals surface area (Å²) in [5.74, 6) is 1.11. The van der Waals surface area contributed by atoms with Crippen LogP contribution in [0.4, 0.5) is 0 Å². The molecule has 0 aliphatic rings. The molecule has 6 heteroatoms. The van der Waals surface area contributed by atoms with E-state index in [9.17, 15) is 9.90 Å². The van der Waals surface area contributed by atoms with Crippen LogP contribution in [0.25, 0.3) is 22.2 Å². The highest BCUT2D eigenvalue weighted by molar-refractivity contribution is 5.95. The second-order valence-electron chi connectivity index (χ2n) is 6.92. The number of H-pyrrole nitrogens is 1. The minimum absolute atomic E-state index is 0.103. The van der Waals surface area contributed by atoms with Crippen molar-refractivity contribution in [2.24, 2.45) is 0 Å². The topological polar surface area (TPSA) is 80.8 Å². The van der Waals surface area contributed by atoms with Crippen LogP contribution in [0.3, 0.4) is 0 Å². The molecule has 2 aromatic carbocycles. The van der Waals surface area contributed by atoms with Crippen LogP contribution in [0.15, 0.2) is 30.3 Å². The minimum Gasteiger partial charge on any atom is -0.496 e.